The van der Waals surface area contributed by atoms with Crippen LogP contribution in [0, 0.1) is 13.8 Å². The average molecular weight is 329 g/mol. The first-order chi connectivity index (χ1) is 11.0. The summed E-state index contributed by atoms with van der Waals surface area (Å²) in [6, 6.07) is 10.3. The minimum atomic E-state index is -0.457. The molecule has 0 saturated carbocycles. The van der Waals surface area contributed by atoms with Crippen LogP contribution < -0.4 is 10.2 Å². The highest BCUT2D eigenvalue weighted by molar-refractivity contribution is 6.30. The Hall–Kier alpha value is -2.59. The first kappa shape index (κ1) is 15.3. The molecule has 0 aliphatic heterocycles. The Morgan fingerprint density at radius 2 is 1.87 bits per heavy atom. The minimum absolute atomic E-state index is 0.0153. The van der Waals surface area contributed by atoms with Crippen molar-refractivity contribution >= 4 is 28.5 Å². The quantitative estimate of drug-likeness (QED) is 0.520. The number of carbonyl (C=O) groups excluding carboxylic acids is 1. The van der Waals surface area contributed by atoms with Gasteiger partial charge in [-0.2, -0.15) is 0 Å². The summed E-state index contributed by atoms with van der Waals surface area (Å²) in [4.78, 5) is 24.3. The first-order valence-electron chi connectivity index (χ1n) is 6.97. The maximum atomic E-state index is 12.3. The van der Waals surface area contributed by atoms with Crippen LogP contribution in [0.4, 0.5) is 0 Å². The molecule has 0 radical (unpaired) electrons. The summed E-state index contributed by atoms with van der Waals surface area (Å²) in [5.41, 5.74) is 1.93. The molecule has 0 bridgehead atoms. The van der Waals surface area contributed by atoms with Gasteiger partial charge in [-0.05, 0) is 37.6 Å². The van der Waals surface area contributed by atoms with Gasteiger partial charge in [-0.25, -0.2) is 4.79 Å². The predicted molar refractivity (Wildman–Crippen MR) is 88.4 cm³/mol. The topological polar surface area (TPSA) is 56.5 Å². The summed E-state index contributed by atoms with van der Waals surface area (Å²) in [5, 5.41) is 0.368. The molecule has 1 heterocycles. The fraction of sp³-hybridized carbons (Fsp3) is 0.111. The molecule has 0 atom stereocenters. The summed E-state index contributed by atoms with van der Waals surface area (Å²) in [6.07, 6.45) is 1.19. The lowest BCUT2D eigenvalue weighted by atomic mass is 10.1. The first-order valence-corrected chi connectivity index (χ1v) is 7.35. The van der Waals surface area contributed by atoms with E-state index in [0.29, 0.717) is 27.8 Å². The monoisotopic (exact) mass is 328 g/mol. The zero-order valence-corrected chi connectivity index (χ0v) is 13.3. The SMILES string of the molecule is Cc1ccccc1C(=O)Oc1ccc2c(=O)c(Cl)coc2c1C. The van der Waals surface area contributed by atoms with E-state index in [4.69, 9.17) is 20.8 Å². The summed E-state index contributed by atoms with van der Waals surface area (Å²) in [7, 11) is 0. The van der Waals surface area contributed by atoms with Gasteiger partial charge in [-0.1, -0.05) is 29.8 Å². The molecule has 2 aromatic carbocycles. The smallest absolute Gasteiger partial charge is 0.343 e. The van der Waals surface area contributed by atoms with E-state index in [-0.39, 0.29) is 10.5 Å². The molecule has 0 amide bonds. The summed E-state index contributed by atoms with van der Waals surface area (Å²) in [6.45, 7) is 3.56. The van der Waals surface area contributed by atoms with Crippen molar-refractivity contribution < 1.29 is 13.9 Å². The van der Waals surface area contributed by atoms with Gasteiger partial charge in [-0.3, -0.25) is 4.79 Å². The van der Waals surface area contributed by atoms with Crippen LogP contribution in [0.1, 0.15) is 21.5 Å². The molecule has 0 saturated heterocycles. The third kappa shape index (κ3) is 2.73. The van der Waals surface area contributed by atoms with Gasteiger partial charge in [0.05, 0.1) is 10.9 Å². The zero-order chi connectivity index (χ0) is 16.6. The van der Waals surface area contributed by atoms with Crippen molar-refractivity contribution in [1.29, 1.82) is 0 Å². The van der Waals surface area contributed by atoms with Gasteiger partial charge in [0.2, 0.25) is 5.43 Å². The van der Waals surface area contributed by atoms with Crippen LogP contribution >= 0.6 is 11.6 Å². The molecular formula is C18H13ClO4. The van der Waals surface area contributed by atoms with E-state index in [1.54, 1.807) is 31.2 Å². The Bertz CT molecular complexity index is 972. The summed E-state index contributed by atoms with van der Waals surface area (Å²) < 4.78 is 10.8. The highest BCUT2D eigenvalue weighted by Gasteiger charge is 2.16. The third-order valence-corrected chi connectivity index (χ3v) is 3.93. The second kappa shape index (κ2) is 5.89. The molecule has 0 aliphatic rings. The van der Waals surface area contributed by atoms with Crippen molar-refractivity contribution in [3.63, 3.8) is 0 Å². The average Bonchev–Trinajstić information content (AvgIpc) is 2.54. The van der Waals surface area contributed by atoms with Crippen LogP contribution in [0.5, 0.6) is 5.75 Å². The van der Waals surface area contributed by atoms with Gasteiger partial charge in [-0.15, -0.1) is 0 Å². The maximum Gasteiger partial charge on any atom is 0.343 e. The van der Waals surface area contributed by atoms with Gasteiger partial charge in [0.25, 0.3) is 0 Å². The lowest BCUT2D eigenvalue weighted by molar-refractivity contribution is 0.0733. The molecule has 0 aliphatic carbocycles. The largest absolute Gasteiger partial charge is 0.462 e. The van der Waals surface area contributed by atoms with Crippen LogP contribution in [0.2, 0.25) is 5.02 Å². The van der Waals surface area contributed by atoms with E-state index >= 15 is 0 Å². The number of carbonyl (C=O) groups is 1. The number of hydrogen-bond acceptors (Lipinski definition) is 4. The van der Waals surface area contributed by atoms with E-state index < -0.39 is 5.97 Å². The number of aryl methyl sites for hydroxylation is 2. The van der Waals surface area contributed by atoms with E-state index in [2.05, 4.69) is 0 Å². The van der Waals surface area contributed by atoms with E-state index in [1.165, 1.54) is 6.26 Å². The van der Waals surface area contributed by atoms with E-state index in [1.807, 2.05) is 19.1 Å². The highest BCUT2D eigenvalue weighted by Crippen LogP contribution is 2.27. The standard InChI is InChI=1S/C18H13ClO4/c1-10-5-3-4-6-12(10)18(21)23-15-8-7-13-16(20)14(19)9-22-17(13)11(15)2/h3-9H,1-2H3. The number of benzene rings is 2. The fourth-order valence-electron chi connectivity index (χ4n) is 2.36. The Balaban J connectivity index is 2.03. The lowest BCUT2D eigenvalue weighted by Gasteiger charge is -2.10. The molecule has 0 unspecified atom stereocenters. The maximum absolute atomic E-state index is 12.3. The molecule has 4 nitrogen and oxygen atoms in total. The summed E-state index contributed by atoms with van der Waals surface area (Å²) >= 11 is 5.77. The van der Waals surface area contributed by atoms with Crippen LogP contribution in [-0.4, -0.2) is 5.97 Å². The normalized spacial score (nSPS) is 10.7. The molecule has 0 spiro atoms. The second-order valence-corrected chi connectivity index (χ2v) is 5.59. The number of hydrogen-bond donors (Lipinski definition) is 0. The molecule has 0 fully saturated rings. The van der Waals surface area contributed by atoms with E-state index in [0.717, 1.165) is 5.56 Å². The Morgan fingerprint density at radius 3 is 2.61 bits per heavy atom. The molecule has 3 aromatic rings. The molecule has 116 valence electrons. The van der Waals surface area contributed by atoms with Crippen molar-refractivity contribution in [3.05, 3.63) is 74.6 Å². The van der Waals surface area contributed by atoms with E-state index in [9.17, 15) is 9.59 Å². The molecular weight excluding hydrogens is 316 g/mol. The van der Waals surface area contributed by atoms with Gasteiger partial charge in [0.1, 0.15) is 22.6 Å². The van der Waals surface area contributed by atoms with Crippen molar-refractivity contribution in [2.24, 2.45) is 0 Å². The van der Waals surface area contributed by atoms with Gasteiger partial charge in [0.15, 0.2) is 0 Å². The molecule has 5 heteroatoms. The van der Waals surface area contributed by atoms with Gasteiger partial charge < -0.3 is 9.15 Å². The Labute approximate surface area is 137 Å². The van der Waals surface area contributed by atoms with Crippen LogP contribution in [0.3, 0.4) is 0 Å². The number of halogens is 1. The van der Waals surface area contributed by atoms with Crippen molar-refractivity contribution in [1.82, 2.24) is 0 Å². The lowest BCUT2D eigenvalue weighted by Crippen LogP contribution is -2.11. The fourth-order valence-corrected chi connectivity index (χ4v) is 2.51. The van der Waals surface area contributed by atoms with Crippen LogP contribution in [0.25, 0.3) is 11.0 Å². The molecule has 3 rings (SSSR count). The number of esters is 1. The predicted octanol–water partition coefficient (Wildman–Crippen LogP) is 4.28. The van der Waals surface area contributed by atoms with Crippen molar-refractivity contribution in [2.75, 3.05) is 0 Å². The van der Waals surface area contributed by atoms with Gasteiger partial charge in [0, 0.05) is 5.56 Å². The van der Waals surface area contributed by atoms with Crippen LogP contribution in [-0.2, 0) is 0 Å². The van der Waals surface area contributed by atoms with Crippen LogP contribution in [0.15, 0.2) is 51.9 Å². The summed E-state index contributed by atoms with van der Waals surface area (Å²) in [5.74, 6) is -0.113. The third-order valence-electron chi connectivity index (χ3n) is 3.67. The van der Waals surface area contributed by atoms with Crippen molar-refractivity contribution in [2.45, 2.75) is 13.8 Å². The molecule has 0 N–H and O–H groups in total. The Morgan fingerprint density at radius 1 is 1.13 bits per heavy atom. The van der Waals surface area contributed by atoms with Gasteiger partial charge >= 0.3 is 5.97 Å². The number of rotatable bonds is 2. The number of fused-ring (bicyclic) bond motifs is 1. The molecule has 1 aromatic heterocycles. The zero-order valence-electron chi connectivity index (χ0n) is 12.6. The second-order valence-electron chi connectivity index (χ2n) is 5.18. The minimum Gasteiger partial charge on any atom is -0.462 e. The highest BCUT2D eigenvalue weighted by atomic mass is 35.5. The van der Waals surface area contributed by atoms with Crippen molar-refractivity contribution in [3.8, 4) is 5.75 Å². The number of ether oxygens (including phenoxy) is 1. The Kier molecular flexibility index (Phi) is 3.92. The molecule has 23 heavy (non-hydrogen) atoms.